The SMILES string of the molecule is O=C(Nc1nc2ccccc2[nH]1)[C@@H]1CCCN1. The number of fused-ring (bicyclic) bond motifs is 1. The van der Waals surface area contributed by atoms with Gasteiger partial charge in [0.2, 0.25) is 11.9 Å². The number of H-pyrrole nitrogens is 1. The van der Waals surface area contributed by atoms with Gasteiger partial charge < -0.3 is 10.3 Å². The fraction of sp³-hybridized carbons (Fsp3) is 0.333. The van der Waals surface area contributed by atoms with E-state index in [1.54, 1.807) is 0 Å². The molecular formula is C12H14N4O. The highest BCUT2D eigenvalue weighted by Crippen LogP contribution is 2.14. The molecule has 3 rings (SSSR count). The third kappa shape index (κ3) is 2.01. The van der Waals surface area contributed by atoms with Gasteiger partial charge in [-0.15, -0.1) is 0 Å². The first-order chi connectivity index (χ1) is 8.33. The number of nitrogens with one attached hydrogen (secondary N) is 3. The fourth-order valence-electron chi connectivity index (χ4n) is 2.12. The van der Waals surface area contributed by atoms with Crippen LogP contribution in [-0.2, 0) is 4.79 Å². The van der Waals surface area contributed by atoms with Crippen LogP contribution in [0.5, 0.6) is 0 Å². The molecule has 0 aliphatic carbocycles. The van der Waals surface area contributed by atoms with E-state index in [-0.39, 0.29) is 11.9 Å². The maximum absolute atomic E-state index is 11.9. The number of hydrogen-bond donors (Lipinski definition) is 3. The monoisotopic (exact) mass is 230 g/mol. The van der Waals surface area contributed by atoms with Gasteiger partial charge in [0, 0.05) is 0 Å². The zero-order valence-corrected chi connectivity index (χ0v) is 9.36. The molecule has 1 aliphatic rings. The van der Waals surface area contributed by atoms with Gasteiger partial charge in [-0.05, 0) is 31.5 Å². The van der Waals surface area contributed by atoms with Gasteiger partial charge in [-0.3, -0.25) is 10.1 Å². The summed E-state index contributed by atoms with van der Waals surface area (Å²) < 4.78 is 0. The van der Waals surface area contributed by atoms with Gasteiger partial charge in [-0.2, -0.15) is 0 Å². The van der Waals surface area contributed by atoms with Gasteiger partial charge >= 0.3 is 0 Å². The van der Waals surface area contributed by atoms with Crippen molar-refractivity contribution < 1.29 is 4.79 Å². The third-order valence-electron chi connectivity index (χ3n) is 3.01. The third-order valence-corrected chi connectivity index (χ3v) is 3.01. The second-order valence-corrected chi connectivity index (χ2v) is 4.24. The Kier molecular flexibility index (Phi) is 2.53. The van der Waals surface area contributed by atoms with Gasteiger partial charge in [-0.25, -0.2) is 4.98 Å². The summed E-state index contributed by atoms with van der Waals surface area (Å²) in [6, 6.07) is 7.63. The summed E-state index contributed by atoms with van der Waals surface area (Å²) in [5.41, 5.74) is 1.80. The number of para-hydroxylation sites is 2. The molecule has 2 aromatic rings. The Morgan fingerprint density at radius 2 is 2.29 bits per heavy atom. The number of anilines is 1. The highest BCUT2D eigenvalue weighted by Gasteiger charge is 2.22. The summed E-state index contributed by atoms with van der Waals surface area (Å²) in [6.07, 6.45) is 1.95. The number of aromatic amines is 1. The minimum Gasteiger partial charge on any atom is -0.324 e. The molecule has 1 fully saturated rings. The van der Waals surface area contributed by atoms with Gasteiger partial charge in [0.25, 0.3) is 0 Å². The summed E-state index contributed by atoms with van der Waals surface area (Å²) >= 11 is 0. The van der Waals surface area contributed by atoms with Crippen molar-refractivity contribution in [3.63, 3.8) is 0 Å². The first-order valence-electron chi connectivity index (χ1n) is 5.82. The number of rotatable bonds is 2. The van der Waals surface area contributed by atoms with Crippen molar-refractivity contribution in [1.29, 1.82) is 0 Å². The average molecular weight is 230 g/mol. The van der Waals surface area contributed by atoms with Crippen LogP contribution in [-0.4, -0.2) is 28.5 Å². The molecule has 1 amide bonds. The number of aromatic nitrogens is 2. The molecule has 88 valence electrons. The first-order valence-corrected chi connectivity index (χ1v) is 5.82. The molecule has 3 N–H and O–H groups in total. The van der Waals surface area contributed by atoms with Crippen LogP contribution in [0.25, 0.3) is 11.0 Å². The first kappa shape index (κ1) is 10.3. The molecule has 1 aromatic heterocycles. The van der Waals surface area contributed by atoms with E-state index in [1.807, 2.05) is 24.3 Å². The van der Waals surface area contributed by atoms with E-state index in [9.17, 15) is 4.79 Å². The second kappa shape index (κ2) is 4.18. The summed E-state index contributed by atoms with van der Waals surface area (Å²) in [4.78, 5) is 19.2. The molecule has 17 heavy (non-hydrogen) atoms. The number of carbonyl (C=O) groups is 1. The van der Waals surface area contributed by atoms with Crippen LogP contribution in [0.3, 0.4) is 0 Å². The molecule has 2 heterocycles. The molecule has 1 aromatic carbocycles. The molecule has 0 saturated carbocycles. The molecule has 0 spiro atoms. The van der Waals surface area contributed by atoms with Crippen molar-refractivity contribution in [2.24, 2.45) is 0 Å². The normalized spacial score (nSPS) is 19.6. The molecule has 1 aliphatic heterocycles. The van der Waals surface area contributed by atoms with Crippen LogP contribution in [0, 0.1) is 0 Å². The zero-order chi connectivity index (χ0) is 11.7. The highest BCUT2D eigenvalue weighted by atomic mass is 16.2. The lowest BCUT2D eigenvalue weighted by Crippen LogP contribution is -2.35. The minimum absolute atomic E-state index is 0.0124. The fourth-order valence-corrected chi connectivity index (χ4v) is 2.12. The van der Waals surface area contributed by atoms with Crippen molar-refractivity contribution in [3.8, 4) is 0 Å². The lowest BCUT2D eigenvalue weighted by Gasteiger charge is -2.08. The van der Waals surface area contributed by atoms with E-state index >= 15 is 0 Å². The number of amides is 1. The Balaban J connectivity index is 1.77. The molecule has 5 heteroatoms. The van der Waals surface area contributed by atoms with Crippen LogP contribution >= 0.6 is 0 Å². The Labute approximate surface area is 98.6 Å². The zero-order valence-electron chi connectivity index (χ0n) is 9.36. The van der Waals surface area contributed by atoms with E-state index in [1.165, 1.54) is 0 Å². The van der Waals surface area contributed by atoms with E-state index in [0.29, 0.717) is 5.95 Å². The highest BCUT2D eigenvalue weighted by molar-refractivity contribution is 5.94. The quantitative estimate of drug-likeness (QED) is 0.727. The molecule has 1 atom stereocenters. The van der Waals surface area contributed by atoms with E-state index in [4.69, 9.17) is 0 Å². The van der Waals surface area contributed by atoms with Crippen molar-refractivity contribution in [3.05, 3.63) is 24.3 Å². The van der Waals surface area contributed by atoms with Gasteiger partial charge in [0.05, 0.1) is 17.1 Å². The molecule has 0 unspecified atom stereocenters. The average Bonchev–Trinajstić information content (AvgIpc) is 2.97. The molecular weight excluding hydrogens is 216 g/mol. The second-order valence-electron chi connectivity index (χ2n) is 4.24. The minimum atomic E-state index is -0.0804. The Bertz CT molecular complexity index is 509. The van der Waals surface area contributed by atoms with Crippen molar-refractivity contribution in [1.82, 2.24) is 15.3 Å². The number of benzene rings is 1. The van der Waals surface area contributed by atoms with Crippen molar-refractivity contribution in [2.45, 2.75) is 18.9 Å². The summed E-state index contributed by atoms with van der Waals surface area (Å²) in [5, 5.41) is 5.96. The van der Waals surface area contributed by atoms with Gasteiger partial charge in [-0.1, -0.05) is 12.1 Å². The molecule has 0 bridgehead atoms. The van der Waals surface area contributed by atoms with Gasteiger partial charge in [0.1, 0.15) is 0 Å². The van der Waals surface area contributed by atoms with Crippen LogP contribution in [0.2, 0.25) is 0 Å². The Hall–Kier alpha value is -1.88. The number of carbonyl (C=O) groups excluding carboxylic acids is 1. The van der Waals surface area contributed by atoms with Crippen LogP contribution < -0.4 is 10.6 Å². The smallest absolute Gasteiger partial charge is 0.243 e. The van der Waals surface area contributed by atoms with Crippen LogP contribution in [0.15, 0.2) is 24.3 Å². The maximum atomic E-state index is 11.9. The van der Waals surface area contributed by atoms with Crippen molar-refractivity contribution >= 4 is 22.9 Å². The summed E-state index contributed by atoms with van der Waals surface area (Å²) in [6.45, 7) is 0.915. The predicted molar refractivity (Wildman–Crippen MR) is 65.7 cm³/mol. The molecule has 1 saturated heterocycles. The largest absolute Gasteiger partial charge is 0.324 e. The van der Waals surface area contributed by atoms with Gasteiger partial charge in [0.15, 0.2) is 0 Å². The lowest BCUT2D eigenvalue weighted by molar-refractivity contribution is -0.117. The summed E-state index contributed by atoms with van der Waals surface area (Å²) in [7, 11) is 0. The van der Waals surface area contributed by atoms with E-state index < -0.39 is 0 Å². The maximum Gasteiger partial charge on any atom is 0.243 e. The van der Waals surface area contributed by atoms with E-state index in [2.05, 4.69) is 20.6 Å². The number of nitrogens with zero attached hydrogens (tertiary/aromatic N) is 1. The molecule has 0 radical (unpaired) electrons. The molecule has 5 nitrogen and oxygen atoms in total. The number of imidazole rings is 1. The van der Waals surface area contributed by atoms with Crippen LogP contribution in [0.4, 0.5) is 5.95 Å². The van der Waals surface area contributed by atoms with Crippen LogP contribution in [0.1, 0.15) is 12.8 Å². The van der Waals surface area contributed by atoms with E-state index in [0.717, 1.165) is 30.4 Å². The Morgan fingerprint density at radius 1 is 1.41 bits per heavy atom. The Morgan fingerprint density at radius 3 is 3.06 bits per heavy atom. The number of hydrogen-bond acceptors (Lipinski definition) is 3. The summed E-state index contributed by atoms with van der Waals surface area (Å²) in [5.74, 6) is 0.506. The lowest BCUT2D eigenvalue weighted by atomic mass is 10.2. The van der Waals surface area contributed by atoms with Crippen molar-refractivity contribution in [2.75, 3.05) is 11.9 Å². The standard InChI is InChI=1S/C12H14N4O/c17-11(10-6-3-7-13-10)16-12-14-8-4-1-2-5-9(8)15-12/h1-2,4-5,10,13H,3,6-7H2,(H2,14,15,16,17)/t10-/m0/s1. The topological polar surface area (TPSA) is 69.8 Å². The predicted octanol–water partition coefficient (Wildman–Crippen LogP) is 1.25.